The van der Waals surface area contributed by atoms with Crippen LogP contribution in [-0.2, 0) is 0 Å². The Hall–Kier alpha value is -0.850. The van der Waals surface area contributed by atoms with E-state index in [1.54, 1.807) is 6.20 Å². The normalized spacial score (nSPS) is 14.6. The summed E-state index contributed by atoms with van der Waals surface area (Å²) in [6.07, 6.45) is 4.74. The molecule has 0 aromatic carbocycles. The molecule has 0 radical (unpaired) electrons. The van der Waals surface area contributed by atoms with Crippen LogP contribution in [0.4, 0.5) is 0 Å². The lowest BCUT2D eigenvalue weighted by Crippen LogP contribution is -2.38. The maximum absolute atomic E-state index is 5.90. The standard InChI is InChI=1S/C15H26N4.HI/c1-5-12(4)19-15(16)18-10-14(11(2)3)13-7-6-8-17-9-13;/h6-9,11-12,14H,5,10H2,1-4H3,(H3,16,18,19);1H. The Kier molecular flexibility index (Phi) is 9.54. The molecule has 0 bridgehead atoms. The van der Waals surface area contributed by atoms with Gasteiger partial charge in [-0.1, -0.05) is 26.8 Å². The number of guanidine groups is 1. The lowest BCUT2D eigenvalue weighted by Gasteiger charge is -2.19. The van der Waals surface area contributed by atoms with Gasteiger partial charge in [-0.05, 0) is 30.9 Å². The zero-order valence-corrected chi connectivity index (χ0v) is 15.2. The molecule has 2 atom stereocenters. The first-order valence-corrected chi connectivity index (χ1v) is 7.01. The summed E-state index contributed by atoms with van der Waals surface area (Å²) in [4.78, 5) is 8.65. The van der Waals surface area contributed by atoms with Crippen molar-refractivity contribution in [2.24, 2.45) is 16.6 Å². The fraction of sp³-hybridized carbons (Fsp3) is 0.600. The van der Waals surface area contributed by atoms with Gasteiger partial charge in [-0.15, -0.1) is 24.0 Å². The van der Waals surface area contributed by atoms with E-state index in [9.17, 15) is 0 Å². The summed E-state index contributed by atoms with van der Waals surface area (Å²) in [7, 11) is 0. The summed E-state index contributed by atoms with van der Waals surface area (Å²) in [5, 5.41) is 3.19. The number of hydrogen-bond donors (Lipinski definition) is 2. The summed E-state index contributed by atoms with van der Waals surface area (Å²) in [5.74, 6) is 1.39. The first kappa shape index (κ1) is 19.1. The highest BCUT2D eigenvalue weighted by atomic mass is 127. The van der Waals surface area contributed by atoms with Crippen molar-refractivity contribution in [1.29, 1.82) is 0 Å². The summed E-state index contributed by atoms with van der Waals surface area (Å²) >= 11 is 0. The minimum Gasteiger partial charge on any atom is -0.370 e. The highest BCUT2D eigenvalue weighted by Crippen LogP contribution is 2.23. The maximum Gasteiger partial charge on any atom is 0.188 e. The Morgan fingerprint density at radius 2 is 2.10 bits per heavy atom. The van der Waals surface area contributed by atoms with E-state index in [1.165, 1.54) is 5.56 Å². The van der Waals surface area contributed by atoms with Gasteiger partial charge < -0.3 is 11.1 Å². The number of halogens is 1. The maximum atomic E-state index is 5.90. The van der Waals surface area contributed by atoms with E-state index in [0.717, 1.165) is 6.42 Å². The Morgan fingerprint density at radius 1 is 1.40 bits per heavy atom. The average Bonchev–Trinajstić information content (AvgIpc) is 2.39. The van der Waals surface area contributed by atoms with Crippen LogP contribution < -0.4 is 11.1 Å². The summed E-state index contributed by atoms with van der Waals surface area (Å²) in [6, 6.07) is 4.43. The van der Waals surface area contributed by atoms with Crippen molar-refractivity contribution in [1.82, 2.24) is 10.3 Å². The van der Waals surface area contributed by atoms with Crippen LogP contribution in [0.2, 0.25) is 0 Å². The number of hydrogen-bond acceptors (Lipinski definition) is 2. The van der Waals surface area contributed by atoms with Crippen LogP contribution in [0.3, 0.4) is 0 Å². The van der Waals surface area contributed by atoms with Gasteiger partial charge >= 0.3 is 0 Å². The second-order valence-corrected chi connectivity index (χ2v) is 5.32. The molecular weight excluding hydrogens is 363 g/mol. The monoisotopic (exact) mass is 390 g/mol. The molecule has 0 saturated heterocycles. The lowest BCUT2D eigenvalue weighted by molar-refractivity contribution is 0.504. The van der Waals surface area contributed by atoms with Gasteiger partial charge in [0.1, 0.15) is 0 Å². The van der Waals surface area contributed by atoms with Crippen LogP contribution in [0.25, 0.3) is 0 Å². The topological polar surface area (TPSA) is 63.3 Å². The van der Waals surface area contributed by atoms with Crippen molar-refractivity contribution in [3.05, 3.63) is 30.1 Å². The third-order valence-corrected chi connectivity index (χ3v) is 3.38. The Balaban J connectivity index is 0.00000361. The quantitative estimate of drug-likeness (QED) is 0.446. The van der Waals surface area contributed by atoms with E-state index in [-0.39, 0.29) is 24.0 Å². The molecule has 1 aromatic heterocycles. The fourth-order valence-corrected chi connectivity index (χ4v) is 1.89. The van der Waals surface area contributed by atoms with Crippen molar-refractivity contribution >= 4 is 29.9 Å². The molecule has 0 fully saturated rings. The third kappa shape index (κ3) is 6.54. The van der Waals surface area contributed by atoms with Gasteiger partial charge in [0.05, 0.1) is 0 Å². The van der Waals surface area contributed by atoms with E-state index in [1.807, 2.05) is 12.3 Å². The van der Waals surface area contributed by atoms with E-state index >= 15 is 0 Å². The molecule has 5 heteroatoms. The number of nitrogens with one attached hydrogen (secondary N) is 1. The molecule has 2 unspecified atom stereocenters. The second kappa shape index (κ2) is 9.96. The molecule has 114 valence electrons. The Morgan fingerprint density at radius 3 is 2.60 bits per heavy atom. The van der Waals surface area contributed by atoms with Crippen LogP contribution >= 0.6 is 24.0 Å². The van der Waals surface area contributed by atoms with E-state index in [0.29, 0.717) is 30.4 Å². The predicted molar refractivity (Wildman–Crippen MR) is 96.6 cm³/mol. The summed E-state index contributed by atoms with van der Waals surface area (Å²) in [5.41, 5.74) is 7.12. The average molecular weight is 390 g/mol. The van der Waals surface area contributed by atoms with Crippen molar-refractivity contribution in [3.8, 4) is 0 Å². The minimum atomic E-state index is 0. The fourth-order valence-electron chi connectivity index (χ4n) is 1.89. The number of nitrogens with two attached hydrogens (primary N) is 1. The first-order valence-electron chi connectivity index (χ1n) is 7.01. The van der Waals surface area contributed by atoms with Gasteiger partial charge in [0.15, 0.2) is 5.96 Å². The molecule has 4 nitrogen and oxygen atoms in total. The molecule has 0 spiro atoms. The van der Waals surface area contributed by atoms with Crippen molar-refractivity contribution in [2.45, 2.75) is 46.1 Å². The first-order chi connectivity index (χ1) is 9.04. The SMILES string of the molecule is CCC(C)NC(N)=NCC(c1cccnc1)C(C)C.I. The molecule has 0 amide bonds. The number of pyridine rings is 1. The molecule has 1 aromatic rings. The van der Waals surface area contributed by atoms with Crippen molar-refractivity contribution < 1.29 is 0 Å². The second-order valence-electron chi connectivity index (χ2n) is 5.32. The number of nitrogens with zero attached hydrogens (tertiary/aromatic N) is 2. The van der Waals surface area contributed by atoms with Crippen LogP contribution in [-0.4, -0.2) is 23.5 Å². The van der Waals surface area contributed by atoms with E-state index in [4.69, 9.17) is 5.73 Å². The number of rotatable bonds is 6. The Bertz CT molecular complexity index is 392. The Labute approximate surface area is 139 Å². The number of aromatic nitrogens is 1. The zero-order chi connectivity index (χ0) is 14.3. The van der Waals surface area contributed by atoms with Crippen molar-refractivity contribution in [3.63, 3.8) is 0 Å². The molecule has 3 N–H and O–H groups in total. The lowest BCUT2D eigenvalue weighted by atomic mass is 9.89. The van der Waals surface area contributed by atoms with Crippen LogP contribution in [0.5, 0.6) is 0 Å². The van der Waals surface area contributed by atoms with Crippen LogP contribution in [0.1, 0.15) is 45.6 Å². The highest BCUT2D eigenvalue weighted by Gasteiger charge is 2.15. The molecular formula is C15H27IN4. The van der Waals surface area contributed by atoms with Crippen LogP contribution in [0.15, 0.2) is 29.5 Å². The summed E-state index contributed by atoms with van der Waals surface area (Å²) < 4.78 is 0. The largest absolute Gasteiger partial charge is 0.370 e. The van der Waals surface area contributed by atoms with E-state index in [2.05, 4.69) is 49.1 Å². The van der Waals surface area contributed by atoms with Gasteiger partial charge in [0.2, 0.25) is 0 Å². The van der Waals surface area contributed by atoms with E-state index < -0.39 is 0 Å². The molecule has 0 saturated carbocycles. The summed E-state index contributed by atoms with van der Waals surface area (Å²) in [6.45, 7) is 9.32. The highest BCUT2D eigenvalue weighted by molar-refractivity contribution is 14.0. The van der Waals surface area contributed by atoms with Gasteiger partial charge in [0.25, 0.3) is 0 Å². The molecule has 20 heavy (non-hydrogen) atoms. The smallest absolute Gasteiger partial charge is 0.188 e. The van der Waals surface area contributed by atoms with Crippen LogP contribution in [0, 0.1) is 5.92 Å². The molecule has 0 aliphatic carbocycles. The predicted octanol–water partition coefficient (Wildman–Crippen LogP) is 3.14. The number of aliphatic imine (C=N–C) groups is 1. The zero-order valence-electron chi connectivity index (χ0n) is 12.8. The minimum absolute atomic E-state index is 0. The molecule has 1 rings (SSSR count). The van der Waals surface area contributed by atoms with Gasteiger partial charge in [-0.25, -0.2) is 0 Å². The van der Waals surface area contributed by atoms with Crippen molar-refractivity contribution in [2.75, 3.05) is 6.54 Å². The third-order valence-electron chi connectivity index (χ3n) is 3.38. The van der Waals surface area contributed by atoms with Gasteiger partial charge in [0, 0.05) is 30.9 Å². The van der Waals surface area contributed by atoms with Gasteiger partial charge in [-0.3, -0.25) is 9.98 Å². The molecule has 1 heterocycles. The van der Waals surface area contributed by atoms with Gasteiger partial charge in [-0.2, -0.15) is 0 Å². The molecule has 0 aliphatic heterocycles. The molecule has 0 aliphatic rings.